The summed E-state index contributed by atoms with van der Waals surface area (Å²) in [5.41, 5.74) is -0.471. The second-order valence-corrected chi connectivity index (χ2v) is 7.35. The van der Waals surface area contributed by atoms with Crippen LogP contribution in [0, 0.1) is 11.8 Å². The summed E-state index contributed by atoms with van der Waals surface area (Å²) in [6.07, 6.45) is -2.82. The summed E-state index contributed by atoms with van der Waals surface area (Å²) in [5, 5.41) is 0. The van der Waals surface area contributed by atoms with Crippen LogP contribution in [0.5, 0.6) is 0 Å². The molecule has 0 bridgehead atoms. The fourth-order valence-electron chi connectivity index (χ4n) is 3.78. The second-order valence-electron chi connectivity index (χ2n) is 7.35. The zero-order valence-electron chi connectivity index (χ0n) is 14.2. The third-order valence-corrected chi connectivity index (χ3v) is 5.45. The molecule has 0 N–H and O–H groups in total. The number of alkyl halides is 3. The highest BCUT2D eigenvalue weighted by molar-refractivity contribution is 5.89. The van der Waals surface area contributed by atoms with Crippen molar-refractivity contribution < 1.29 is 27.5 Å². The maximum absolute atomic E-state index is 13.2. The smallest absolute Gasteiger partial charge is 0.367 e. The molecule has 7 heteroatoms. The molecule has 3 aliphatic rings. The van der Waals surface area contributed by atoms with E-state index in [4.69, 9.17) is 4.74 Å². The number of halogens is 3. The van der Waals surface area contributed by atoms with Crippen molar-refractivity contribution >= 4 is 11.7 Å². The molecule has 140 valence electrons. The highest BCUT2D eigenvalue weighted by atomic mass is 19.4. The monoisotopic (exact) mass is 367 g/mol. The van der Waals surface area contributed by atoms with E-state index in [1.165, 1.54) is 12.1 Å². The van der Waals surface area contributed by atoms with E-state index in [0.717, 1.165) is 18.9 Å². The quantitative estimate of drug-likeness (QED) is 0.822. The number of benzene rings is 1. The van der Waals surface area contributed by atoms with E-state index < -0.39 is 29.7 Å². The molecule has 0 spiro atoms. The predicted octanol–water partition coefficient (Wildman–Crippen LogP) is 3.02. The van der Waals surface area contributed by atoms with Crippen molar-refractivity contribution in [2.45, 2.75) is 37.5 Å². The summed E-state index contributed by atoms with van der Waals surface area (Å²) < 4.78 is 45.1. The number of rotatable bonds is 4. The van der Waals surface area contributed by atoms with Crippen LogP contribution < -0.4 is 0 Å². The minimum Gasteiger partial charge on any atom is -0.367 e. The topological polar surface area (TPSA) is 46.6 Å². The van der Waals surface area contributed by atoms with Crippen LogP contribution in [0.4, 0.5) is 13.2 Å². The van der Waals surface area contributed by atoms with Gasteiger partial charge in [-0.05, 0) is 36.8 Å². The van der Waals surface area contributed by atoms with E-state index in [0.29, 0.717) is 19.6 Å². The first-order chi connectivity index (χ1) is 12.4. The molecular formula is C19H20F3NO3. The van der Waals surface area contributed by atoms with Gasteiger partial charge >= 0.3 is 6.18 Å². The summed E-state index contributed by atoms with van der Waals surface area (Å²) in [6.45, 7) is 0.904. The standard InChI is InChI=1S/C19H20F3NO3/c20-19(21,22)15-4-2-1-3-12(15)13-9-14(13)18(25)23-7-8-26-16(10-23)17(24)11-5-6-11/h1-4,11,13-14,16H,5-10H2/t13-,14-,16-/m0/s1. The SMILES string of the molecule is O=C(C1CC1)[C@@H]1CN(C(=O)[C@H]2C[C@H]2c2ccccc2C(F)(F)F)CCO1. The van der Waals surface area contributed by atoms with Crippen LogP contribution in [0.2, 0.25) is 0 Å². The fraction of sp³-hybridized carbons (Fsp3) is 0.579. The minimum absolute atomic E-state index is 0.0530. The zero-order valence-corrected chi connectivity index (χ0v) is 14.2. The Labute approximate surface area is 149 Å². The van der Waals surface area contributed by atoms with Gasteiger partial charge in [0.1, 0.15) is 6.10 Å². The van der Waals surface area contributed by atoms with Gasteiger partial charge in [0.25, 0.3) is 0 Å². The largest absolute Gasteiger partial charge is 0.416 e. The lowest BCUT2D eigenvalue weighted by atomic mass is 10.0. The summed E-state index contributed by atoms with van der Waals surface area (Å²) in [5.74, 6) is -0.891. The second kappa shape index (κ2) is 6.37. The molecule has 3 atom stereocenters. The average molecular weight is 367 g/mol. The number of carbonyl (C=O) groups excluding carboxylic acids is 2. The summed E-state index contributed by atoms with van der Waals surface area (Å²) >= 11 is 0. The van der Waals surface area contributed by atoms with Crippen molar-refractivity contribution in [3.8, 4) is 0 Å². The molecule has 1 aromatic carbocycles. The highest BCUT2D eigenvalue weighted by Gasteiger charge is 2.50. The third kappa shape index (κ3) is 3.37. The predicted molar refractivity (Wildman–Crippen MR) is 86.3 cm³/mol. The molecule has 0 aromatic heterocycles. The Hall–Kier alpha value is -1.89. The summed E-state index contributed by atoms with van der Waals surface area (Å²) in [7, 11) is 0. The summed E-state index contributed by atoms with van der Waals surface area (Å²) in [4.78, 5) is 26.5. The molecule has 4 rings (SSSR count). The Bertz CT molecular complexity index is 729. The Morgan fingerprint density at radius 2 is 1.88 bits per heavy atom. The van der Waals surface area contributed by atoms with E-state index >= 15 is 0 Å². The van der Waals surface area contributed by atoms with Gasteiger partial charge < -0.3 is 9.64 Å². The zero-order chi connectivity index (χ0) is 18.5. The van der Waals surface area contributed by atoms with E-state index in [-0.39, 0.29) is 29.7 Å². The van der Waals surface area contributed by atoms with E-state index in [2.05, 4.69) is 0 Å². The normalized spacial score (nSPS) is 28.7. The van der Waals surface area contributed by atoms with Gasteiger partial charge in [0, 0.05) is 18.4 Å². The first-order valence-corrected chi connectivity index (χ1v) is 8.96. The number of ketones is 1. The maximum Gasteiger partial charge on any atom is 0.416 e. The number of Topliss-reactive ketones (excluding diaryl/α,β-unsaturated/α-hetero) is 1. The Morgan fingerprint density at radius 1 is 1.15 bits per heavy atom. The van der Waals surface area contributed by atoms with Crippen LogP contribution in [0.15, 0.2) is 24.3 Å². The van der Waals surface area contributed by atoms with E-state index in [1.807, 2.05) is 0 Å². The van der Waals surface area contributed by atoms with Gasteiger partial charge in [-0.2, -0.15) is 13.2 Å². The molecular weight excluding hydrogens is 347 g/mol. The van der Waals surface area contributed by atoms with Crippen LogP contribution in [-0.4, -0.2) is 42.4 Å². The molecule has 0 radical (unpaired) electrons. The lowest BCUT2D eigenvalue weighted by Gasteiger charge is -2.32. The lowest BCUT2D eigenvalue weighted by molar-refractivity contribution is -0.147. The number of ether oxygens (including phenoxy) is 1. The molecule has 1 amide bonds. The molecule has 4 nitrogen and oxygen atoms in total. The number of morpholine rings is 1. The van der Waals surface area contributed by atoms with Gasteiger partial charge in [0.2, 0.25) is 5.91 Å². The molecule has 1 aromatic rings. The van der Waals surface area contributed by atoms with Crippen LogP contribution in [0.25, 0.3) is 0 Å². The summed E-state index contributed by atoms with van der Waals surface area (Å²) in [6, 6.07) is 5.46. The number of amides is 1. The van der Waals surface area contributed by atoms with Crippen LogP contribution >= 0.6 is 0 Å². The molecule has 0 unspecified atom stereocenters. The van der Waals surface area contributed by atoms with Gasteiger partial charge in [-0.15, -0.1) is 0 Å². The Balaban J connectivity index is 1.44. The number of hydrogen-bond donors (Lipinski definition) is 0. The molecule has 3 fully saturated rings. The maximum atomic E-state index is 13.2. The van der Waals surface area contributed by atoms with Crippen molar-refractivity contribution in [2.75, 3.05) is 19.7 Å². The molecule has 1 saturated heterocycles. The van der Waals surface area contributed by atoms with E-state index in [9.17, 15) is 22.8 Å². The van der Waals surface area contributed by atoms with Crippen molar-refractivity contribution in [2.24, 2.45) is 11.8 Å². The van der Waals surface area contributed by atoms with Gasteiger partial charge in [0.15, 0.2) is 5.78 Å². The molecule has 26 heavy (non-hydrogen) atoms. The van der Waals surface area contributed by atoms with Crippen molar-refractivity contribution in [3.63, 3.8) is 0 Å². The Morgan fingerprint density at radius 3 is 2.58 bits per heavy atom. The van der Waals surface area contributed by atoms with Gasteiger partial charge in [-0.1, -0.05) is 18.2 Å². The van der Waals surface area contributed by atoms with Crippen molar-refractivity contribution in [3.05, 3.63) is 35.4 Å². The number of nitrogens with zero attached hydrogens (tertiary/aromatic N) is 1. The first-order valence-electron chi connectivity index (χ1n) is 8.96. The van der Waals surface area contributed by atoms with Crippen molar-refractivity contribution in [1.29, 1.82) is 0 Å². The van der Waals surface area contributed by atoms with Crippen molar-refractivity contribution in [1.82, 2.24) is 4.90 Å². The van der Waals surface area contributed by atoms with Crippen LogP contribution in [0.1, 0.15) is 36.3 Å². The molecule has 2 saturated carbocycles. The highest BCUT2D eigenvalue weighted by Crippen LogP contribution is 2.51. The number of hydrogen-bond acceptors (Lipinski definition) is 3. The lowest BCUT2D eigenvalue weighted by Crippen LogP contribution is -2.49. The van der Waals surface area contributed by atoms with Crippen LogP contribution in [-0.2, 0) is 20.5 Å². The first kappa shape index (κ1) is 17.5. The minimum atomic E-state index is -4.42. The van der Waals surface area contributed by atoms with Gasteiger partial charge in [-0.3, -0.25) is 9.59 Å². The molecule has 2 aliphatic carbocycles. The Kier molecular flexibility index (Phi) is 4.29. The molecule has 1 heterocycles. The molecule has 1 aliphatic heterocycles. The fourth-order valence-corrected chi connectivity index (χ4v) is 3.78. The van der Waals surface area contributed by atoms with Crippen LogP contribution in [0.3, 0.4) is 0 Å². The average Bonchev–Trinajstić information content (AvgIpc) is 3.53. The van der Waals surface area contributed by atoms with E-state index in [1.54, 1.807) is 11.0 Å². The third-order valence-electron chi connectivity index (χ3n) is 5.45. The van der Waals surface area contributed by atoms with Gasteiger partial charge in [-0.25, -0.2) is 0 Å². The number of carbonyl (C=O) groups is 2. The van der Waals surface area contributed by atoms with Gasteiger partial charge in [0.05, 0.1) is 18.7 Å².